The van der Waals surface area contributed by atoms with Crippen molar-refractivity contribution in [1.29, 1.82) is 0 Å². The lowest BCUT2D eigenvalue weighted by atomic mass is 10.1. The summed E-state index contributed by atoms with van der Waals surface area (Å²) in [5, 5.41) is 3.29. The maximum absolute atomic E-state index is 11.4. The smallest absolute Gasteiger partial charge is 0.250 e. The van der Waals surface area contributed by atoms with Crippen LogP contribution < -0.4 is 16.0 Å². The van der Waals surface area contributed by atoms with E-state index in [0.717, 1.165) is 31.9 Å². The normalized spacial score (nSPS) is 19.5. The van der Waals surface area contributed by atoms with Crippen molar-refractivity contribution in [3.63, 3.8) is 0 Å². The second kappa shape index (κ2) is 5.84. The Morgan fingerprint density at radius 2 is 2.33 bits per heavy atom. The second-order valence-corrected chi connectivity index (χ2v) is 4.46. The first kappa shape index (κ1) is 12.9. The van der Waals surface area contributed by atoms with Gasteiger partial charge in [-0.05, 0) is 12.1 Å². The summed E-state index contributed by atoms with van der Waals surface area (Å²) in [6, 6.07) is 7.36. The van der Waals surface area contributed by atoms with E-state index >= 15 is 0 Å². The molecule has 0 spiro atoms. The molecule has 0 radical (unpaired) electrons. The number of hydrogen-bond donors (Lipinski definition) is 2. The molecule has 0 bridgehead atoms. The molecular formula is C13H19N3O2. The van der Waals surface area contributed by atoms with Crippen LogP contribution in [0.5, 0.6) is 0 Å². The number of carbonyl (C=O) groups excluding carboxylic acids is 1. The van der Waals surface area contributed by atoms with Gasteiger partial charge in [-0.2, -0.15) is 0 Å². The molecule has 3 N–H and O–H groups in total. The fourth-order valence-electron chi connectivity index (χ4n) is 2.16. The molecule has 1 heterocycles. The molecule has 0 saturated carbocycles. The van der Waals surface area contributed by atoms with Crippen LogP contribution in [0.15, 0.2) is 24.3 Å². The lowest BCUT2D eigenvalue weighted by molar-refractivity contribution is 0.0340. The van der Waals surface area contributed by atoms with Gasteiger partial charge >= 0.3 is 0 Å². The molecule has 1 unspecified atom stereocenters. The summed E-state index contributed by atoms with van der Waals surface area (Å²) in [6.45, 7) is 3.20. The Hall–Kier alpha value is -1.59. The van der Waals surface area contributed by atoms with Crippen molar-refractivity contribution in [2.24, 2.45) is 5.73 Å². The van der Waals surface area contributed by atoms with Crippen molar-refractivity contribution in [3.8, 4) is 0 Å². The highest BCUT2D eigenvalue weighted by Crippen LogP contribution is 2.19. The summed E-state index contributed by atoms with van der Waals surface area (Å²) >= 11 is 0. The number of nitrogens with one attached hydrogen (secondary N) is 1. The quantitative estimate of drug-likeness (QED) is 0.800. The van der Waals surface area contributed by atoms with Crippen molar-refractivity contribution < 1.29 is 9.53 Å². The largest absolute Gasteiger partial charge is 0.374 e. The fraction of sp³-hybridized carbons (Fsp3) is 0.462. The van der Waals surface area contributed by atoms with E-state index < -0.39 is 5.91 Å². The van der Waals surface area contributed by atoms with Crippen molar-refractivity contribution in [2.75, 3.05) is 38.2 Å². The first-order valence-electron chi connectivity index (χ1n) is 6.11. The van der Waals surface area contributed by atoms with Gasteiger partial charge in [0, 0.05) is 32.4 Å². The molecular weight excluding hydrogens is 230 g/mol. The van der Waals surface area contributed by atoms with E-state index in [1.165, 1.54) is 0 Å². The van der Waals surface area contributed by atoms with E-state index in [4.69, 9.17) is 10.5 Å². The second-order valence-electron chi connectivity index (χ2n) is 4.46. The number of nitrogens with two attached hydrogens (primary N) is 1. The Morgan fingerprint density at radius 3 is 3.00 bits per heavy atom. The average molecular weight is 249 g/mol. The Balaban J connectivity index is 2.08. The van der Waals surface area contributed by atoms with Crippen LogP contribution >= 0.6 is 0 Å². The number of likely N-dealkylation sites (N-methyl/N-ethyl adjacent to an activating group) is 1. The van der Waals surface area contributed by atoms with Crippen molar-refractivity contribution in [3.05, 3.63) is 29.8 Å². The van der Waals surface area contributed by atoms with E-state index in [9.17, 15) is 4.79 Å². The minimum Gasteiger partial charge on any atom is -0.374 e. The molecule has 1 saturated heterocycles. The highest BCUT2D eigenvalue weighted by atomic mass is 16.5. The Labute approximate surface area is 107 Å². The molecule has 1 aliphatic heterocycles. The summed E-state index contributed by atoms with van der Waals surface area (Å²) in [7, 11) is 1.94. The zero-order chi connectivity index (χ0) is 13.0. The lowest BCUT2D eigenvalue weighted by Crippen LogP contribution is -2.44. The summed E-state index contributed by atoms with van der Waals surface area (Å²) < 4.78 is 5.65. The molecule has 1 aromatic rings. The van der Waals surface area contributed by atoms with Crippen LogP contribution in [0.4, 0.5) is 5.69 Å². The summed E-state index contributed by atoms with van der Waals surface area (Å²) in [6.07, 6.45) is 0.143. The van der Waals surface area contributed by atoms with E-state index in [0.29, 0.717) is 5.56 Å². The van der Waals surface area contributed by atoms with Crippen molar-refractivity contribution in [2.45, 2.75) is 6.10 Å². The molecule has 1 aromatic carbocycles. The predicted molar refractivity (Wildman–Crippen MR) is 70.8 cm³/mol. The predicted octanol–water partition coefficient (Wildman–Crippen LogP) is 0.210. The topological polar surface area (TPSA) is 67.6 Å². The molecule has 1 fully saturated rings. The Bertz CT molecular complexity index is 416. The number of para-hydroxylation sites is 1. The minimum absolute atomic E-state index is 0.143. The minimum atomic E-state index is -0.403. The zero-order valence-electron chi connectivity index (χ0n) is 10.6. The monoisotopic (exact) mass is 249 g/mol. The number of nitrogens with zero attached hydrogens (tertiary/aromatic N) is 1. The lowest BCUT2D eigenvalue weighted by Gasteiger charge is -2.29. The molecule has 5 heteroatoms. The van der Waals surface area contributed by atoms with E-state index in [1.807, 2.05) is 30.1 Å². The fourth-order valence-corrected chi connectivity index (χ4v) is 2.16. The van der Waals surface area contributed by atoms with E-state index in [1.54, 1.807) is 6.07 Å². The number of primary amides is 1. The number of anilines is 1. The van der Waals surface area contributed by atoms with Crippen LogP contribution in [-0.2, 0) is 4.74 Å². The highest BCUT2D eigenvalue weighted by Gasteiger charge is 2.18. The van der Waals surface area contributed by atoms with Gasteiger partial charge in [-0.25, -0.2) is 0 Å². The summed E-state index contributed by atoms with van der Waals surface area (Å²) in [5.41, 5.74) is 6.77. The third-order valence-electron chi connectivity index (χ3n) is 3.06. The van der Waals surface area contributed by atoms with Crippen LogP contribution in [-0.4, -0.2) is 45.3 Å². The first-order valence-corrected chi connectivity index (χ1v) is 6.11. The van der Waals surface area contributed by atoms with Gasteiger partial charge in [0.05, 0.1) is 18.3 Å². The van der Waals surface area contributed by atoms with Crippen LogP contribution in [0, 0.1) is 0 Å². The Morgan fingerprint density at radius 1 is 1.56 bits per heavy atom. The SMILES string of the molecule is CN(CC1CNCCO1)c1ccccc1C(N)=O. The summed E-state index contributed by atoms with van der Waals surface area (Å²) in [5.74, 6) is -0.403. The molecule has 18 heavy (non-hydrogen) atoms. The van der Waals surface area contributed by atoms with Crippen LogP contribution in [0.3, 0.4) is 0 Å². The number of ether oxygens (including phenoxy) is 1. The Kier molecular flexibility index (Phi) is 4.17. The zero-order valence-corrected chi connectivity index (χ0v) is 10.6. The number of hydrogen-bond acceptors (Lipinski definition) is 4. The van der Waals surface area contributed by atoms with Gasteiger partial charge < -0.3 is 20.7 Å². The van der Waals surface area contributed by atoms with Gasteiger partial charge in [-0.15, -0.1) is 0 Å². The molecule has 1 aliphatic rings. The maximum Gasteiger partial charge on any atom is 0.250 e. The summed E-state index contributed by atoms with van der Waals surface area (Å²) in [4.78, 5) is 13.4. The van der Waals surface area contributed by atoms with E-state index in [-0.39, 0.29) is 6.10 Å². The number of benzene rings is 1. The van der Waals surface area contributed by atoms with Crippen LogP contribution in [0.1, 0.15) is 10.4 Å². The molecule has 5 nitrogen and oxygen atoms in total. The van der Waals surface area contributed by atoms with Gasteiger partial charge in [-0.1, -0.05) is 12.1 Å². The third kappa shape index (κ3) is 3.00. The van der Waals surface area contributed by atoms with Crippen LogP contribution in [0.2, 0.25) is 0 Å². The highest BCUT2D eigenvalue weighted by molar-refractivity contribution is 5.98. The molecule has 1 amide bonds. The third-order valence-corrected chi connectivity index (χ3v) is 3.06. The molecule has 0 aliphatic carbocycles. The molecule has 2 rings (SSSR count). The van der Waals surface area contributed by atoms with Gasteiger partial charge in [0.2, 0.25) is 0 Å². The standard InChI is InChI=1S/C13H19N3O2/c1-16(9-10-8-15-6-7-18-10)12-5-3-2-4-11(12)13(14)17/h2-5,10,15H,6-9H2,1H3,(H2,14,17). The van der Waals surface area contributed by atoms with E-state index in [2.05, 4.69) is 5.32 Å². The molecule has 1 atom stereocenters. The van der Waals surface area contributed by atoms with Crippen LogP contribution in [0.25, 0.3) is 0 Å². The van der Waals surface area contributed by atoms with Gasteiger partial charge in [-0.3, -0.25) is 4.79 Å². The van der Waals surface area contributed by atoms with Gasteiger partial charge in [0.15, 0.2) is 0 Å². The number of morpholine rings is 1. The molecule has 0 aromatic heterocycles. The number of carbonyl (C=O) groups is 1. The number of amides is 1. The van der Waals surface area contributed by atoms with Gasteiger partial charge in [0.25, 0.3) is 5.91 Å². The van der Waals surface area contributed by atoms with Crippen molar-refractivity contribution >= 4 is 11.6 Å². The average Bonchev–Trinajstić information content (AvgIpc) is 2.40. The van der Waals surface area contributed by atoms with Crippen molar-refractivity contribution in [1.82, 2.24) is 5.32 Å². The number of rotatable bonds is 4. The first-order chi connectivity index (χ1) is 8.68. The molecule has 98 valence electrons. The van der Waals surface area contributed by atoms with Gasteiger partial charge in [0.1, 0.15) is 0 Å². The maximum atomic E-state index is 11.4.